The number of benzene rings is 6. The Morgan fingerprint density at radius 1 is 0.604 bits per heavy atom. The Hall–Kier alpha value is -5.39. The van der Waals surface area contributed by atoms with Gasteiger partial charge in [0.2, 0.25) is 0 Å². The van der Waals surface area contributed by atoms with Gasteiger partial charge in [-0.1, -0.05) is 103 Å². The van der Waals surface area contributed by atoms with Gasteiger partial charge in [0.05, 0.1) is 22.6 Å². The summed E-state index contributed by atoms with van der Waals surface area (Å²) in [6.45, 7) is 4.68. The van der Waals surface area contributed by atoms with E-state index in [4.69, 9.17) is 0 Å². The van der Waals surface area contributed by atoms with Crippen LogP contribution in [0.4, 0.5) is 17.1 Å². The molecule has 5 aliphatic rings. The molecule has 1 spiro atoms. The number of imidazole rings is 1. The third-order valence-corrected chi connectivity index (χ3v) is 15.4. The Morgan fingerprint density at radius 3 is 1.96 bits per heavy atom. The number of aromatic nitrogens is 2. The molecule has 3 unspecified atom stereocenters. The van der Waals surface area contributed by atoms with Gasteiger partial charge in [0.15, 0.2) is 0 Å². The highest BCUT2D eigenvalue weighted by molar-refractivity contribution is 8.32. The first-order chi connectivity index (χ1) is 25.8. The van der Waals surface area contributed by atoms with Gasteiger partial charge >= 0.3 is 0 Å². The van der Waals surface area contributed by atoms with Crippen molar-refractivity contribution in [3.8, 4) is 5.69 Å². The molecule has 13 rings (SSSR count). The Labute approximate surface area is 311 Å². The quantitative estimate of drug-likeness (QED) is 0.164. The van der Waals surface area contributed by atoms with Crippen LogP contribution >= 0.6 is 10.0 Å². The van der Waals surface area contributed by atoms with Crippen LogP contribution in [-0.4, -0.2) is 34.4 Å². The van der Waals surface area contributed by atoms with Crippen LogP contribution < -0.4 is 21.3 Å². The minimum atomic E-state index is -1.09. The second-order valence-electron chi connectivity index (χ2n) is 16.9. The van der Waals surface area contributed by atoms with Gasteiger partial charge in [-0.2, -0.15) is 0 Å². The predicted molar refractivity (Wildman–Crippen MR) is 224 cm³/mol. The normalized spacial score (nSPS) is 20.8. The zero-order chi connectivity index (χ0) is 35.3. The molecule has 0 radical (unpaired) electrons. The fraction of sp³-hybridized carbons (Fsp3) is 0.167. The zero-order valence-electron chi connectivity index (χ0n) is 30.6. The third kappa shape index (κ3) is 3.04. The lowest BCUT2D eigenvalue weighted by Gasteiger charge is -2.58. The van der Waals surface area contributed by atoms with Crippen LogP contribution in [0.3, 0.4) is 0 Å². The molecular formula is C48H38BN3S. The van der Waals surface area contributed by atoms with Crippen LogP contribution in [0.1, 0.15) is 56.6 Å². The first-order valence-corrected chi connectivity index (χ1v) is 21.9. The summed E-state index contributed by atoms with van der Waals surface area (Å²) in [4.78, 5) is 4.09. The maximum Gasteiger partial charge on any atom is 0.255 e. The van der Waals surface area contributed by atoms with Gasteiger partial charge in [0.25, 0.3) is 6.71 Å². The van der Waals surface area contributed by atoms with E-state index in [-0.39, 0.29) is 12.1 Å². The maximum atomic E-state index is 2.80. The highest BCUT2D eigenvalue weighted by Crippen LogP contribution is 2.77. The first kappa shape index (κ1) is 29.1. The largest absolute Gasteiger partial charge is 0.311 e. The summed E-state index contributed by atoms with van der Waals surface area (Å²) in [5.41, 5.74) is 24.0. The van der Waals surface area contributed by atoms with Crippen molar-refractivity contribution in [1.82, 2.24) is 8.97 Å². The monoisotopic (exact) mass is 699 g/mol. The topological polar surface area (TPSA) is 12.6 Å². The van der Waals surface area contributed by atoms with Crippen molar-refractivity contribution in [1.29, 1.82) is 0 Å². The van der Waals surface area contributed by atoms with Crippen LogP contribution in [0.5, 0.6) is 0 Å². The summed E-state index contributed by atoms with van der Waals surface area (Å²) in [7, 11) is -1.09. The van der Waals surface area contributed by atoms with Gasteiger partial charge in [0, 0.05) is 34.3 Å². The van der Waals surface area contributed by atoms with Crippen molar-refractivity contribution in [2.75, 3.05) is 23.7 Å². The maximum absolute atomic E-state index is 2.80. The van der Waals surface area contributed by atoms with Crippen molar-refractivity contribution in [3.63, 3.8) is 0 Å². The number of anilines is 3. The SMILES string of the molecule is Cc1cccc(C)c1N1c2ccccc2B2c3c1cc(S(C)(C)C)cc3-n1c3c(n4c5ccccc5c2c14)C1c2ccccc2C12c1ccccc1C32. The molecule has 3 aliphatic carbocycles. The lowest BCUT2D eigenvalue weighted by Crippen LogP contribution is -2.60. The molecule has 2 aromatic heterocycles. The molecule has 5 heteroatoms. The van der Waals surface area contributed by atoms with Crippen LogP contribution in [-0.2, 0) is 5.41 Å². The van der Waals surface area contributed by atoms with Crippen molar-refractivity contribution >= 4 is 66.7 Å². The van der Waals surface area contributed by atoms with Crippen LogP contribution in [0.15, 0.2) is 132 Å². The molecule has 53 heavy (non-hydrogen) atoms. The molecule has 0 saturated carbocycles. The lowest BCUT2D eigenvalue weighted by molar-refractivity contribution is 0.325. The Kier molecular flexibility index (Phi) is 5.06. The van der Waals surface area contributed by atoms with Gasteiger partial charge in [-0.15, -0.1) is 0 Å². The molecule has 0 saturated heterocycles. The highest BCUT2D eigenvalue weighted by Gasteiger charge is 2.72. The molecule has 3 nitrogen and oxygen atoms in total. The molecule has 3 atom stereocenters. The molecule has 2 aliphatic heterocycles. The number of hydrogen-bond acceptors (Lipinski definition) is 1. The van der Waals surface area contributed by atoms with Crippen LogP contribution in [0.25, 0.3) is 22.2 Å². The summed E-state index contributed by atoms with van der Waals surface area (Å²) in [6, 6.07) is 49.2. The Balaban J connectivity index is 1.25. The number of rotatable bonds is 2. The molecule has 0 N–H and O–H groups in total. The van der Waals surface area contributed by atoms with Crippen LogP contribution in [0, 0.1) is 13.8 Å². The number of nitrogens with zero attached hydrogens (tertiary/aromatic N) is 3. The van der Waals surface area contributed by atoms with Crippen LogP contribution in [0.2, 0.25) is 0 Å². The number of fused-ring (bicyclic) bond motifs is 16. The van der Waals surface area contributed by atoms with Gasteiger partial charge in [-0.3, -0.25) is 8.97 Å². The fourth-order valence-electron chi connectivity index (χ4n) is 11.9. The third-order valence-electron chi connectivity index (χ3n) is 13.8. The van der Waals surface area contributed by atoms with Crippen molar-refractivity contribution < 1.29 is 0 Å². The van der Waals surface area contributed by atoms with Gasteiger partial charge in [-0.25, -0.2) is 10.0 Å². The molecule has 0 fully saturated rings. The van der Waals surface area contributed by atoms with E-state index < -0.39 is 10.0 Å². The number of aryl methyl sites for hydroxylation is 2. The number of para-hydroxylation sites is 3. The van der Waals surface area contributed by atoms with E-state index in [0.29, 0.717) is 11.8 Å². The second kappa shape index (κ2) is 9.21. The molecule has 6 aromatic carbocycles. The average Bonchev–Trinajstić information content (AvgIpc) is 3.72. The summed E-state index contributed by atoms with van der Waals surface area (Å²) in [5, 5.41) is 1.37. The van der Waals surface area contributed by atoms with E-state index in [1.54, 1.807) is 0 Å². The molecule has 0 bridgehead atoms. The van der Waals surface area contributed by atoms with E-state index in [0.717, 1.165) is 0 Å². The summed E-state index contributed by atoms with van der Waals surface area (Å²) >= 11 is 0. The van der Waals surface area contributed by atoms with Gasteiger partial charge < -0.3 is 4.90 Å². The smallest absolute Gasteiger partial charge is 0.255 e. The first-order valence-electron chi connectivity index (χ1n) is 19.0. The summed E-state index contributed by atoms with van der Waals surface area (Å²) in [5.74, 6) is 0.629. The van der Waals surface area contributed by atoms with E-state index in [1.165, 1.54) is 105 Å². The highest BCUT2D eigenvalue weighted by atomic mass is 32.3. The van der Waals surface area contributed by atoms with Crippen molar-refractivity contribution in [2.24, 2.45) is 0 Å². The summed E-state index contributed by atoms with van der Waals surface area (Å²) < 4.78 is 5.54. The molecule has 4 heterocycles. The average molecular weight is 700 g/mol. The number of hydrogen-bond donors (Lipinski definition) is 0. The minimum Gasteiger partial charge on any atom is -0.311 e. The standard InChI is InChI=1S/C48H38BN3S/c1-27-15-14-16-28(2)44(27)50-37-24-13-11-22-35(37)49-42-32-19-8-12-23-36(32)51-45-40-30-17-6-9-20-33(30)48(40)34-21-10-7-18-31(34)41(48)46(45)52(47(42)51)39-26-29(53(3,4)5)25-38(50)43(39)49/h6-26,40-41H,1-5H3. The van der Waals surface area contributed by atoms with E-state index in [9.17, 15) is 0 Å². The zero-order valence-corrected chi connectivity index (χ0v) is 31.4. The molecule has 254 valence electrons. The second-order valence-corrected chi connectivity index (χ2v) is 21.0. The molecule has 0 amide bonds. The minimum absolute atomic E-state index is 0.0121. The molecule has 8 aromatic rings. The van der Waals surface area contributed by atoms with E-state index >= 15 is 0 Å². The predicted octanol–water partition coefficient (Wildman–Crippen LogP) is 9.06. The van der Waals surface area contributed by atoms with Gasteiger partial charge in [-0.05, 0) is 117 Å². The Morgan fingerprint density at radius 2 is 1.23 bits per heavy atom. The summed E-state index contributed by atoms with van der Waals surface area (Å²) in [6.07, 6.45) is 7.38. The van der Waals surface area contributed by atoms with E-state index in [1.807, 2.05) is 0 Å². The van der Waals surface area contributed by atoms with E-state index in [2.05, 4.69) is 174 Å². The Bertz CT molecular complexity index is 2990. The fourth-order valence-corrected chi connectivity index (χ4v) is 12.9. The molecular weight excluding hydrogens is 661 g/mol. The van der Waals surface area contributed by atoms with Crippen molar-refractivity contribution in [2.45, 2.75) is 36.0 Å². The van der Waals surface area contributed by atoms with Crippen molar-refractivity contribution in [3.05, 3.63) is 172 Å². The lowest BCUT2D eigenvalue weighted by atomic mass is 9.34. The van der Waals surface area contributed by atoms with Gasteiger partial charge in [0.1, 0.15) is 5.65 Å².